The number of hydrogen-bond acceptors (Lipinski definition) is 2. The van der Waals surface area contributed by atoms with Crippen LogP contribution in [0.15, 0.2) is 206 Å². The van der Waals surface area contributed by atoms with Gasteiger partial charge in [-0.2, -0.15) is 0 Å². The zero-order valence-corrected chi connectivity index (χ0v) is 30.4. The van der Waals surface area contributed by atoms with Crippen LogP contribution in [0.5, 0.6) is 0 Å². The van der Waals surface area contributed by atoms with E-state index in [1.54, 1.807) is 0 Å². The largest absolute Gasteiger partial charge is 0.309 e. The SMILES string of the molecule is c1ccc(-c2cc(-c3ccccc3)nc(-c3cccc(-n4c5ccc(-c6ccc7c(c6)c6ccccc6n7-c6ccccc6)cc5c5ncccc54)c3)c2)cc1. The Morgan fingerprint density at radius 3 is 1.62 bits per heavy atom. The molecule has 4 heterocycles. The molecule has 0 saturated carbocycles. The number of pyridine rings is 2. The Morgan fingerprint density at radius 1 is 0.304 bits per heavy atom. The van der Waals surface area contributed by atoms with E-state index in [0.29, 0.717) is 0 Å². The van der Waals surface area contributed by atoms with E-state index in [4.69, 9.17) is 9.97 Å². The van der Waals surface area contributed by atoms with E-state index < -0.39 is 0 Å². The van der Waals surface area contributed by atoms with Gasteiger partial charge in [0, 0.05) is 44.9 Å². The van der Waals surface area contributed by atoms with Crippen LogP contribution >= 0.6 is 0 Å². The molecule has 0 aliphatic heterocycles. The van der Waals surface area contributed by atoms with Crippen LogP contribution in [0.4, 0.5) is 0 Å². The molecule has 0 fully saturated rings. The van der Waals surface area contributed by atoms with Crippen LogP contribution in [0.2, 0.25) is 0 Å². The first-order valence-electron chi connectivity index (χ1n) is 19.0. The van der Waals surface area contributed by atoms with Gasteiger partial charge in [-0.1, -0.05) is 121 Å². The van der Waals surface area contributed by atoms with Crippen molar-refractivity contribution in [1.29, 1.82) is 0 Å². The second-order valence-corrected chi connectivity index (χ2v) is 14.3. The quantitative estimate of drug-likeness (QED) is 0.172. The van der Waals surface area contributed by atoms with Crippen molar-refractivity contribution >= 4 is 43.7 Å². The monoisotopic (exact) mass is 714 g/mol. The summed E-state index contributed by atoms with van der Waals surface area (Å²) in [5.41, 5.74) is 16.4. The standard InChI is InChI=1S/C52H34N4/c1-4-14-35(15-5-1)40-33-46(36-16-6-2-7-17-36)54-47(34-40)39-18-12-21-42(30-39)56-50-28-26-38(32-45(50)52-51(56)24-13-29-53-52)37-25-27-49-44(31-37)43-22-10-11-23-48(43)55(49)41-19-8-3-9-20-41/h1-34H. The van der Waals surface area contributed by atoms with Gasteiger partial charge in [-0.25, -0.2) is 4.98 Å². The third-order valence-electron chi connectivity index (χ3n) is 10.9. The Hall–Kier alpha value is -7.56. The number of fused-ring (bicyclic) bond motifs is 6. The van der Waals surface area contributed by atoms with Crippen molar-refractivity contribution in [3.63, 3.8) is 0 Å². The molecule has 4 nitrogen and oxygen atoms in total. The molecule has 0 saturated heterocycles. The second-order valence-electron chi connectivity index (χ2n) is 14.3. The fourth-order valence-electron chi connectivity index (χ4n) is 8.34. The van der Waals surface area contributed by atoms with Crippen molar-refractivity contribution in [1.82, 2.24) is 19.1 Å². The lowest BCUT2D eigenvalue weighted by Gasteiger charge is -2.13. The average Bonchev–Trinajstić information content (AvgIpc) is 3.79. The topological polar surface area (TPSA) is 35.6 Å². The minimum atomic E-state index is 0.928. The summed E-state index contributed by atoms with van der Waals surface area (Å²) in [6.07, 6.45) is 1.89. The van der Waals surface area contributed by atoms with Crippen molar-refractivity contribution in [2.75, 3.05) is 0 Å². The lowest BCUT2D eigenvalue weighted by atomic mass is 10.00. The van der Waals surface area contributed by atoms with Gasteiger partial charge < -0.3 is 9.13 Å². The van der Waals surface area contributed by atoms with E-state index in [9.17, 15) is 0 Å². The fourth-order valence-corrected chi connectivity index (χ4v) is 8.34. The highest BCUT2D eigenvalue weighted by atomic mass is 15.0. The molecular weight excluding hydrogens is 681 g/mol. The van der Waals surface area contributed by atoms with Crippen molar-refractivity contribution in [2.45, 2.75) is 0 Å². The first-order valence-corrected chi connectivity index (χ1v) is 19.0. The molecular formula is C52H34N4. The molecule has 0 radical (unpaired) electrons. The summed E-state index contributed by atoms with van der Waals surface area (Å²) in [4.78, 5) is 10.2. The third kappa shape index (κ3) is 5.31. The average molecular weight is 715 g/mol. The summed E-state index contributed by atoms with van der Waals surface area (Å²) < 4.78 is 4.69. The Labute approximate surface area is 324 Å². The molecule has 0 aliphatic carbocycles. The number of nitrogens with zero attached hydrogens (tertiary/aromatic N) is 4. The molecule has 0 amide bonds. The fraction of sp³-hybridized carbons (Fsp3) is 0. The zero-order valence-electron chi connectivity index (χ0n) is 30.4. The van der Waals surface area contributed by atoms with Gasteiger partial charge in [-0.05, 0) is 101 Å². The smallest absolute Gasteiger partial charge is 0.0963 e. The molecule has 0 unspecified atom stereocenters. The predicted molar refractivity (Wildman–Crippen MR) is 232 cm³/mol. The Kier molecular flexibility index (Phi) is 7.46. The number of rotatable bonds is 6. The highest BCUT2D eigenvalue weighted by Crippen LogP contribution is 2.38. The first kappa shape index (κ1) is 31.9. The van der Waals surface area contributed by atoms with Crippen LogP contribution in [0, 0.1) is 0 Å². The number of benzene rings is 7. The van der Waals surface area contributed by atoms with Gasteiger partial charge in [0.15, 0.2) is 0 Å². The second kappa shape index (κ2) is 13.1. The highest BCUT2D eigenvalue weighted by molar-refractivity contribution is 6.12. The van der Waals surface area contributed by atoms with Crippen LogP contribution in [-0.2, 0) is 0 Å². The van der Waals surface area contributed by atoms with E-state index in [-0.39, 0.29) is 0 Å². The highest BCUT2D eigenvalue weighted by Gasteiger charge is 2.17. The molecule has 262 valence electrons. The van der Waals surface area contributed by atoms with Crippen LogP contribution in [0.1, 0.15) is 0 Å². The summed E-state index contributed by atoms with van der Waals surface area (Å²) in [5, 5.41) is 3.60. The molecule has 4 aromatic heterocycles. The molecule has 0 atom stereocenters. The van der Waals surface area contributed by atoms with Crippen LogP contribution < -0.4 is 0 Å². The normalized spacial score (nSPS) is 11.6. The molecule has 0 bridgehead atoms. The van der Waals surface area contributed by atoms with Gasteiger partial charge >= 0.3 is 0 Å². The van der Waals surface area contributed by atoms with E-state index in [2.05, 4.69) is 197 Å². The van der Waals surface area contributed by atoms with E-state index in [1.165, 1.54) is 27.4 Å². The maximum Gasteiger partial charge on any atom is 0.0963 e. The Balaban J connectivity index is 1.05. The summed E-state index contributed by atoms with van der Waals surface area (Å²) in [5.74, 6) is 0. The molecule has 56 heavy (non-hydrogen) atoms. The third-order valence-corrected chi connectivity index (χ3v) is 10.9. The van der Waals surface area contributed by atoms with Crippen molar-refractivity contribution < 1.29 is 0 Å². The number of hydrogen-bond donors (Lipinski definition) is 0. The van der Waals surface area contributed by atoms with E-state index in [0.717, 1.165) is 72.5 Å². The molecule has 4 heteroatoms. The minimum absolute atomic E-state index is 0.928. The summed E-state index contributed by atoms with van der Waals surface area (Å²) in [7, 11) is 0. The maximum atomic E-state index is 5.23. The zero-order chi connectivity index (χ0) is 37.0. The van der Waals surface area contributed by atoms with E-state index >= 15 is 0 Å². The van der Waals surface area contributed by atoms with Gasteiger partial charge in [0.2, 0.25) is 0 Å². The Morgan fingerprint density at radius 2 is 0.857 bits per heavy atom. The number of para-hydroxylation sites is 2. The van der Waals surface area contributed by atoms with E-state index in [1.807, 2.05) is 18.3 Å². The molecule has 0 aliphatic rings. The first-order chi connectivity index (χ1) is 27.8. The summed E-state index contributed by atoms with van der Waals surface area (Å²) in [6, 6.07) is 71.2. The molecule has 0 spiro atoms. The molecule has 0 N–H and O–H groups in total. The van der Waals surface area contributed by atoms with Gasteiger partial charge in [0.05, 0.1) is 39.0 Å². The van der Waals surface area contributed by atoms with Gasteiger partial charge in [0.25, 0.3) is 0 Å². The van der Waals surface area contributed by atoms with Gasteiger partial charge in [-0.15, -0.1) is 0 Å². The molecule has 11 aromatic rings. The summed E-state index contributed by atoms with van der Waals surface area (Å²) in [6.45, 7) is 0. The van der Waals surface area contributed by atoms with Crippen LogP contribution in [0.3, 0.4) is 0 Å². The lowest BCUT2D eigenvalue weighted by molar-refractivity contribution is 1.17. The van der Waals surface area contributed by atoms with Crippen molar-refractivity contribution in [3.8, 4) is 56.1 Å². The van der Waals surface area contributed by atoms with Crippen LogP contribution in [0.25, 0.3) is 99.9 Å². The number of aromatic nitrogens is 4. The minimum Gasteiger partial charge on any atom is -0.309 e. The molecule has 7 aromatic carbocycles. The van der Waals surface area contributed by atoms with Crippen molar-refractivity contribution in [2.24, 2.45) is 0 Å². The van der Waals surface area contributed by atoms with Gasteiger partial charge in [0.1, 0.15) is 0 Å². The van der Waals surface area contributed by atoms with Gasteiger partial charge in [-0.3, -0.25) is 4.98 Å². The molecule has 11 rings (SSSR count). The van der Waals surface area contributed by atoms with Crippen LogP contribution in [-0.4, -0.2) is 19.1 Å². The lowest BCUT2D eigenvalue weighted by Crippen LogP contribution is -1.96. The summed E-state index contributed by atoms with van der Waals surface area (Å²) >= 11 is 0. The predicted octanol–water partition coefficient (Wildman–Crippen LogP) is 13.3. The maximum absolute atomic E-state index is 5.23. The Bertz CT molecular complexity index is 3170. The van der Waals surface area contributed by atoms with Crippen molar-refractivity contribution in [3.05, 3.63) is 206 Å².